The SMILES string of the molecule is CCS(=O)(=O)c1ccc(C(=O)N(CCN(C)C)c2nc3c(C)ccc(Cl)c3s2)cc1.Cl. The molecule has 1 amide bonds. The van der Waals surface area contributed by atoms with E-state index in [0.29, 0.717) is 28.8 Å². The average molecular weight is 502 g/mol. The van der Waals surface area contributed by atoms with Crippen molar-refractivity contribution in [2.75, 3.05) is 37.8 Å². The lowest BCUT2D eigenvalue weighted by Crippen LogP contribution is -2.36. The highest BCUT2D eigenvalue weighted by Gasteiger charge is 2.23. The molecule has 3 rings (SSSR count). The molecule has 3 aromatic rings. The lowest BCUT2D eigenvalue weighted by atomic mass is 10.2. The number of anilines is 1. The molecule has 0 saturated heterocycles. The first-order valence-corrected chi connectivity index (χ1v) is 12.3. The van der Waals surface area contributed by atoms with Gasteiger partial charge in [-0.15, -0.1) is 12.4 Å². The number of rotatable bonds is 7. The van der Waals surface area contributed by atoms with Crippen LogP contribution in [0.3, 0.4) is 0 Å². The van der Waals surface area contributed by atoms with Crippen molar-refractivity contribution in [1.82, 2.24) is 9.88 Å². The Hall–Kier alpha value is -1.71. The third kappa shape index (κ3) is 5.56. The van der Waals surface area contributed by atoms with Gasteiger partial charge in [0.05, 0.1) is 25.9 Å². The number of aromatic nitrogens is 1. The van der Waals surface area contributed by atoms with Crippen LogP contribution in [0.5, 0.6) is 0 Å². The summed E-state index contributed by atoms with van der Waals surface area (Å²) in [7, 11) is 0.556. The molecule has 0 aliphatic heterocycles. The largest absolute Gasteiger partial charge is 0.308 e. The fourth-order valence-electron chi connectivity index (χ4n) is 2.92. The Balaban J connectivity index is 0.00000341. The molecule has 1 aromatic heterocycles. The molecule has 2 aromatic carbocycles. The number of hydrogen-bond acceptors (Lipinski definition) is 6. The van der Waals surface area contributed by atoms with E-state index in [-0.39, 0.29) is 29.0 Å². The summed E-state index contributed by atoms with van der Waals surface area (Å²) in [5.41, 5.74) is 2.19. The molecular formula is C21H25Cl2N3O3S2. The predicted molar refractivity (Wildman–Crippen MR) is 131 cm³/mol. The van der Waals surface area contributed by atoms with Crippen molar-refractivity contribution in [3.63, 3.8) is 0 Å². The Morgan fingerprint density at radius 3 is 2.29 bits per heavy atom. The first-order chi connectivity index (χ1) is 14.1. The van der Waals surface area contributed by atoms with Gasteiger partial charge >= 0.3 is 0 Å². The number of thiazole rings is 1. The highest BCUT2D eigenvalue weighted by molar-refractivity contribution is 7.91. The Kier molecular flexibility index (Phi) is 8.47. The maximum Gasteiger partial charge on any atom is 0.260 e. The number of likely N-dealkylation sites (N-methyl/N-ethyl adjacent to an activating group) is 1. The zero-order valence-electron chi connectivity index (χ0n) is 17.8. The van der Waals surface area contributed by atoms with E-state index in [9.17, 15) is 13.2 Å². The van der Waals surface area contributed by atoms with Gasteiger partial charge in [-0.25, -0.2) is 13.4 Å². The summed E-state index contributed by atoms with van der Waals surface area (Å²) in [6.45, 7) is 4.65. The zero-order valence-corrected chi connectivity index (χ0v) is 21.0. The van der Waals surface area contributed by atoms with Gasteiger partial charge < -0.3 is 4.90 Å². The fraction of sp³-hybridized carbons (Fsp3) is 0.333. The van der Waals surface area contributed by atoms with Gasteiger partial charge in [-0.1, -0.05) is 35.9 Å². The summed E-state index contributed by atoms with van der Waals surface area (Å²) in [4.78, 5) is 21.8. The van der Waals surface area contributed by atoms with Crippen molar-refractivity contribution in [3.8, 4) is 0 Å². The summed E-state index contributed by atoms with van der Waals surface area (Å²) in [6, 6.07) is 9.82. The summed E-state index contributed by atoms with van der Waals surface area (Å²) in [5.74, 6) is -0.216. The highest BCUT2D eigenvalue weighted by atomic mass is 35.5. The predicted octanol–water partition coefficient (Wildman–Crippen LogP) is 4.68. The van der Waals surface area contributed by atoms with E-state index in [1.165, 1.54) is 23.5 Å². The Bertz CT molecular complexity index is 1140. The second kappa shape index (κ2) is 10.3. The second-order valence-corrected chi connectivity index (χ2v) is 10.9. The topological polar surface area (TPSA) is 70.6 Å². The molecule has 0 spiro atoms. The summed E-state index contributed by atoms with van der Waals surface area (Å²) in [6.07, 6.45) is 0. The van der Waals surface area contributed by atoms with Gasteiger partial charge in [0.1, 0.15) is 0 Å². The van der Waals surface area contributed by atoms with Crippen LogP contribution < -0.4 is 4.90 Å². The molecule has 1 heterocycles. The number of sulfone groups is 1. The van der Waals surface area contributed by atoms with E-state index in [1.54, 1.807) is 24.0 Å². The number of hydrogen-bond donors (Lipinski definition) is 0. The minimum Gasteiger partial charge on any atom is -0.308 e. The van der Waals surface area contributed by atoms with Crippen LogP contribution in [-0.2, 0) is 9.84 Å². The maximum absolute atomic E-state index is 13.3. The van der Waals surface area contributed by atoms with Gasteiger partial charge in [0.2, 0.25) is 0 Å². The first-order valence-electron chi connectivity index (χ1n) is 9.49. The van der Waals surface area contributed by atoms with Crippen molar-refractivity contribution in [1.29, 1.82) is 0 Å². The number of carbonyl (C=O) groups is 1. The van der Waals surface area contributed by atoms with Crippen molar-refractivity contribution < 1.29 is 13.2 Å². The van der Waals surface area contributed by atoms with E-state index in [4.69, 9.17) is 16.6 Å². The molecule has 10 heteroatoms. The van der Waals surface area contributed by atoms with Crippen molar-refractivity contribution >= 4 is 66.4 Å². The minimum absolute atomic E-state index is 0. The standard InChI is InChI=1S/C21H24ClN3O3S2.ClH/c1-5-30(27,28)16-9-7-15(8-10-16)20(26)25(13-12-24(3)4)21-23-18-14(2)6-11-17(22)19(18)29-21;/h6-11H,5,12-13H2,1-4H3;1H. The van der Waals surface area contributed by atoms with E-state index in [0.717, 1.165) is 15.8 Å². The van der Waals surface area contributed by atoms with Gasteiger partial charge in [-0.05, 0) is 56.9 Å². The number of aryl methyl sites for hydroxylation is 1. The number of fused-ring (bicyclic) bond motifs is 1. The van der Waals surface area contributed by atoms with Crippen molar-refractivity contribution in [2.45, 2.75) is 18.7 Å². The molecule has 6 nitrogen and oxygen atoms in total. The molecule has 0 atom stereocenters. The normalized spacial score (nSPS) is 11.5. The molecule has 0 aliphatic rings. The van der Waals surface area contributed by atoms with E-state index in [1.807, 2.05) is 38.1 Å². The number of amides is 1. The van der Waals surface area contributed by atoms with Crippen LogP contribution in [0.15, 0.2) is 41.3 Å². The molecule has 168 valence electrons. The van der Waals surface area contributed by atoms with Crippen LogP contribution >= 0.6 is 35.3 Å². The molecule has 0 fully saturated rings. The van der Waals surface area contributed by atoms with Crippen LogP contribution in [-0.4, -0.2) is 57.1 Å². The van der Waals surface area contributed by atoms with Gasteiger partial charge in [0.25, 0.3) is 5.91 Å². The molecule has 0 bridgehead atoms. The smallest absolute Gasteiger partial charge is 0.260 e. The molecular weight excluding hydrogens is 477 g/mol. The van der Waals surface area contributed by atoms with E-state index in [2.05, 4.69) is 0 Å². The number of carbonyl (C=O) groups excluding carboxylic acids is 1. The van der Waals surface area contributed by atoms with Crippen molar-refractivity contribution in [2.24, 2.45) is 0 Å². The van der Waals surface area contributed by atoms with Crippen molar-refractivity contribution in [3.05, 3.63) is 52.5 Å². The number of nitrogens with zero attached hydrogens (tertiary/aromatic N) is 3. The minimum atomic E-state index is -3.32. The van der Waals surface area contributed by atoms with Crippen LogP contribution in [0.4, 0.5) is 5.13 Å². The van der Waals surface area contributed by atoms with Crippen LogP contribution in [0, 0.1) is 6.92 Å². The molecule has 0 saturated carbocycles. The van der Waals surface area contributed by atoms with E-state index >= 15 is 0 Å². The number of halogens is 2. The lowest BCUT2D eigenvalue weighted by molar-refractivity contribution is 0.0985. The van der Waals surface area contributed by atoms with Crippen LogP contribution in [0.1, 0.15) is 22.8 Å². The van der Waals surface area contributed by atoms with E-state index < -0.39 is 9.84 Å². The summed E-state index contributed by atoms with van der Waals surface area (Å²) < 4.78 is 25.0. The monoisotopic (exact) mass is 501 g/mol. The molecule has 0 unspecified atom stereocenters. The second-order valence-electron chi connectivity index (χ2n) is 7.23. The average Bonchev–Trinajstić information content (AvgIpc) is 3.17. The third-order valence-electron chi connectivity index (χ3n) is 4.77. The zero-order chi connectivity index (χ0) is 22.1. The maximum atomic E-state index is 13.3. The van der Waals surface area contributed by atoms with Gasteiger partial charge in [-0.3, -0.25) is 9.69 Å². The Morgan fingerprint density at radius 1 is 1.10 bits per heavy atom. The summed E-state index contributed by atoms with van der Waals surface area (Å²) in [5, 5.41) is 1.17. The van der Waals surface area contributed by atoms with Crippen LogP contribution in [0.25, 0.3) is 10.2 Å². The number of benzene rings is 2. The summed E-state index contributed by atoms with van der Waals surface area (Å²) >= 11 is 7.73. The highest BCUT2D eigenvalue weighted by Crippen LogP contribution is 2.36. The fourth-order valence-corrected chi connectivity index (χ4v) is 5.14. The van der Waals surface area contributed by atoms with Crippen LogP contribution in [0.2, 0.25) is 5.02 Å². The molecule has 31 heavy (non-hydrogen) atoms. The van der Waals surface area contributed by atoms with Gasteiger partial charge in [0, 0.05) is 18.7 Å². The quantitative estimate of drug-likeness (QED) is 0.469. The molecule has 0 radical (unpaired) electrons. The molecule has 0 N–H and O–H groups in total. The first kappa shape index (κ1) is 25.5. The molecule has 0 aliphatic carbocycles. The Labute approximate surface area is 198 Å². The van der Waals surface area contributed by atoms with Gasteiger partial charge in [-0.2, -0.15) is 0 Å². The third-order valence-corrected chi connectivity index (χ3v) is 8.06. The van der Waals surface area contributed by atoms with Gasteiger partial charge in [0.15, 0.2) is 15.0 Å². The lowest BCUT2D eigenvalue weighted by Gasteiger charge is -2.22. The Morgan fingerprint density at radius 2 is 1.74 bits per heavy atom.